The molecule has 10 nitrogen and oxygen atoms in total. The number of urea groups is 1. The van der Waals surface area contributed by atoms with Gasteiger partial charge in [-0.2, -0.15) is 0 Å². The topological polar surface area (TPSA) is 123 Å². The number of anilines is 2. The maximum atomic E-state index is 13.2. The van der Waals surface area contributed by atoms with Gasteiger partial charge in [-0.1, -0.05) is 25.1 Å². The lowest BCUT2D eigenvalue weighted by molar-refractivity contribution is 0.0925. The van der Waals surface area contributed by atoms with E-state index in [4.69, 9.17) is 14.5 Å². The molecule has 1 fully saturated rings. The number of morpholine rings is 1. The van der Waals surface area contributed by atoms with Gasteiger partial charge >= 0.3 is 6.03 Å². The molecule has 2 amide bonds. The van der Waals surface area contributed by atoms with Gasteiger partial charge in [0.25, 0.3) is 0 Å². The largest absolute Gasteiger partial charge is 0.383 e. The number of nitrogens with zero attached hydrogens (tertiary/aromatic N) is 3. The Morgan fingerprint density at radius 2 is 1.89 bits per heavy atom. The smallest absolute Gasteiger partial charge is 0.319 e. The lowest BCUT2D eigenvalue weighted by Crippen LogP contribution is -2.45. The molecule has 0 spiro atoms. The van der Waals surface area contributed by atoms with E-state index in [0.29, 0.717) is 61.5 Å². The summed E-state index contributed by atoms with van der Waals surface area (Å²) in [6.45, 7) is 4.72. The summed E-state index contributed by atoms with van der Waals surface area (Å²) in [7, 11) is -2.04. The maximum absolute atomic E-state index is 13.2. The molecule has 2 aromatic carbocycles. The molecule has 0 aliphatic carbocycles. The van der Waals surface area contributed by atoms with Crippen molar-refractivity contribution < 1.29 is 22.7 Å². The van der Waals surface area contributed by atoms with E-state index >= 15 is 0 Å². The average Bonchev–Trinajstić information content (AvgIpc) is 2.93. The van der Waals surface area contributed by atoms with Crippen LogP contribution < -0.4 is 15.5 Å². The van der Waals surface area contributed by atoms with Crippen molar-refractivity contribution in [1.82, 2.24) is 15.3 Å². The molecule has 3 aromatic rings. The van der Waals surface area contributed by atoms with Crippen LogP contribution in [-0.2, 0) is 25.1 Å². The molecule has 1 saturated heterocycles. The van der Waals surface area contributed by atoms with Crippen molar-refractivity contribution in [3.63, 3.8) is 0 Å². The monoisotopic (exact) mass is 539 g/mol. The van der Waals surface area contributed by atoms with Crippen molar-refractivity contribution in [1.29, 1.82) is 0 Å². The molecule has 0 saturated carbocycles. The van der Waals surface area contributed by atoms with Crippen LogP contribution in [0.15, 0.2) is 65.6 Å². The summed E-state index contributed by atoms with van der Waals surface area (Å²) in [6.07, 6.45) is 0.865. The summed E-state index contributed by atoms with van der Waals surface area (Å²) in [5.74, 6) is 0.837. The molecule has 4 rings (SSSR count). The van der Waals surface area contributed by atoms with Crippen LogP contribution in [0, 0.1) is 0 Å². The molecule has 0 radical (unpaired) electrons. The Labute approximate surface area is 223 Å². The number of carbonyl (C=O) groups excluding carboxylic acids is 1. The molecular formula is C27H33N5O5S. The lowest BCUT2D eigenvalue weighted by Gasteiger charge is -2.36. The second-order valence-corrected chi connectivity index (χ2v) is 10.9. The van der Waals surface area contributed by atoms with Gasteiger partial charge < -0.3 is 25.0 Å². The van der Waals surface area contributed by atoms with Crippen LogP contribution in [0.3, 0.4) is 0 Å². The first-order valence-electron chi connectivity index (χ1n) is 12.5. The van der Waals surface area contributed by atoms with E-state index in [9.17, 15) is 13.2 Å². The standard InChI is InChI=1S/C27H33N5O5S/c1-3-23-18-37-16-14-32(23)25-17-22(19-38(34,35)24-7-5-4-6-8-24)29-26(31-25)20-9-11-21(12-10-20)30-27(33)28-13-15-36-2/h4-12,17,23H,3,13-16,18-19H2,1-2H3,(H2,28,30,33)/t23-/m0/s1. The fourth-order valence-electron chi connectivity index (χ4n) is 4.18. The number of methoxy groups -OCH3 is 1. The van der Waals surface area contributed by atoms with Crippen LogP contribution in [0.25, 0.3) is 11.4 Å². The van der Waals surface area contributed by atoms with E-state index in [1.807, 2.05) is 0 Å². The highest BCUT2D eigenvalue weighted by Crippen LogP contribution is 2.27. The van der Waals surface area contributed by atoms with Gasteiger partial charge in [-0.3, -0.25) is 0 Å². The fourth-order valence-corrected chi connectivity index (χ4v) is 5.45. The molecule has 38 heavy (non-hydrogen) atoms. The van der Waals surface area contributed by atoms with Gasteiger partial charge in [-0.15, -0.1) is 0 Å². The van der Waals surface area contributed by atoms with Crippen molar-refractivity contribution in [3.8, 4) is 11.4 Å². The Kier molecular flexibility index (Phi) is 9.27. The highest BCUT2D eigenvalue weighted by Gasteiger charge is 2.25. The Morgan fingerprint density at radius 3 is 2.61 bits per heavy atom. The number of benzene rings is 2. The quantitative estimate of drug-likeness (QED) is 0.376. The number of amides is 2. The summed E-state index contributed by atoms with van der Waals surface area (Å²) >= 11 is 0. The lowest BCUT2D eigenvalue weighted by atomic mass is 10.1. The van der Waals surface area contributed by atoms with Crippen LogP contribution in [0.1, 0.15) is 19.0 Å². The third kappa shape index (κ3) is 7.06. The number of carbonyl (C=O) groups is 1. The highest BCUT2D eigenvalue weighted by atomic mass is 32.2. The third-order valence-electron chi connectivity index (χ3n) is 6.19. The minimum Gasteiger partial charge on any atom is -0.383 e. The number of sulfone groups is 1. The van der Waals surface area contributed by atoms with Crippen LogP contribution in [-0.4, -0.2) is 70.5 Å². The third-order valence-corrected chi connectivity index (χ3v) is 7.86. The Balaban J connectivity index is 1.63. The molecular weight excluding hydrogens is 506 g/mol. The SMILES string of the molecule is CC[C@H]1COCCN1c1cc(CS(=O)(=O)c2ccccc2)nc(-c2ccc(NC(=O)NCCOC)cc2)n1. The zero-order valence-corrected chi connectivity index (χ0v) is 22.4. The predicted octanol–water partition coefficient (Wildman–Crippen LogP) is 3.50. The maximum Gasteiger partial charge on any atom is 0.319 e. The van der Waals surface area contributed by atoms with E-state index in [1.165, 1.54) is 0 Å². The van der Waals surface area contributed by atoms with Gasteiger partial charge in [0.2, 0.25) is 0 Å². The molecule has 11 heteroatoms. The Morgan fingerprint density at radius 1 is 1.13 bits per heavy atom. The molecule has 1 aliphatic rings. The van der Waals surface area contributed by atoms with Gasteiger partial charge in [0.05, 0.1) is 42.2 Å². The highest BCUT2D eigenvalue weighted by molar-refractivity contribution is 7.90. The molecule has 202 valence electrons. The van der Waals surface area contributed by atoms with Crippen LogP contribution in [0.4, 0.5) is 16.3 Å². The van der Waals surface area contributed by atoms with Crippen LogP contribution in [0.2, 0.25) is 0 Å². The first-order chi connectivity index (χ1) is 18.4. The van der Waals surface area contributed by atoms with Gasteiger partial charge in [0.1, 0.15) is 5.82 Å². The summed E-state index contributed by atoms with van der Waals surface area (Å²) in [5, 5.41) is 5.47. The van der Waals surface area contributed by atoms with Crippen molar-refractivity contribution >= 4 is 27.4 Å². The molecule has 1 aromatic heterocycles. The Hall–Kier alpha value is -3.54. The van der Waals surface area contributed by atoms with Crippen LogP contribution in [0.5, 0.6) is 0 Å². The zero-order chi connectivity index (χ0) is 27.0. The van der Waals surface area contributed by atoms with E-state index in [1.54, 1.807) is 67.8 Å². The number of hydrogen-bond acceptors (Lipinski definition) is 8. The van der Waals surface area contributed by atoms with Crippen molar-refractivity contribution in [2.24, 2.45) is 0 Å². The number of aromatic nitrogens is 2. The zero-order valence-electron chi connectivity index (χ0n) is 21.6. The summed E-state index contributed by atoms with van der Waals surface area (Å²) < 4.78 is 36.9. The van der Waals surface area contributed by atoms with Crippen molar-refractivity contribution in [3.05, 3.63) is 66.4 Å². The van der Waals surface area contributed by atoms with Gasteiger partial charge in [-0.25, -0.2) is 23.2 Å². The van der Waals surface area contributed by atoms with Crippen molar-refractivity contribution in [2.75, 3.05) is 50.2 Å². The second kappa shape index (κ2) is 12.8. The molecule has 1 atom stereocenters. The molecule has 1 aliphatic heterocycles. The summed E-state index contributed by atoms with van der Waals surface area (Å²) in [6, 6.07) is 17.0. The van der Waals surface area contributed by atoms with Gasteiger partial charge in [0, 0.05) is 37.5 Å². The fraction of sp³-hybridized carbons (Fsp3) is 0.370. The van der Waals surface area contributed by atoms with E-state index in [2.05, 4.69) is 27.4 Å². The molecule has 2 N–H and O–H groups in total. The van der Waals surface area contributed by atoms with E-state index < -0.39 is 9.84 Å². The normalized spacial score (nSPS) is 15.7. The van der Waals surface area contributed by atoms with Gasteiger partial charge in [-0.05, 0) is 42.8 Å². The molecule has 0 unspecified atom stereocenters. The van der Waals surface area contributed by atoms with E-state index in [0.717, 1.165) is 6.42 Å². The average molecular weight is 540 g/mol. The minimum atomic E-state index is -3.61. The summed E-state index contributed by atoms with van der Waals surface area (Å²) in [4.78, 5) is 23.9. The summed E-state index contributed by atoms with van der Waals surface area (Å²) in [5.41, 5.74) is 1.72. The Bertz CT molecular complexity index is 1320. The number of rotatable bonds is 10. The second-order valence-electron chi connectivity index (χ2n) is 8.89. The predicted molar refractivity (Wildman–Crippen MR) is 146 cm³/mol. The van der Waals surface area contributed by atoms with Crippen molar-refractivity contribution in [2.45, 2.75) is 30.0 Å². The number of ether oxygens (including phenoxy) is 2. The first kappa shape index (κ1) is 27.5. The molecule has 2 heterocycles. The van der Waals surface area contributed by atoms with Gasteiger partial charge in [0.15, 0.2) is 15.7 Å². The number of nitrogens with one attached hydrogen (secondary N) is 2. The number of hydrogen-bond donors (Lipinski definition) is 2. The first-order valence-corrected chi connectivity index (χ1v) is 14.2. The van der Waals surface area contributed by atoms with Crippen LogP contribution >= 0.6 is 0 Å². The van der Waals surface area contributed by atoms with E-state index in [-0.39, 0.29) is 22.7 Å². The molecule has 0 bridgehead atoms. The minimum absolute atomic E-state index is 0.133.